The summed E-state index contributed by atoms with van der Waals surface area (Å²) in [7, 11) is 0. The Labute approximate surface area is 143 Å². The molecule has 1 aromatic rings. The van der Waals surface area contributed by atoms with Gasteiger partial charge in [-0.3, -0.25) is 4.79 Å². The highest BCUT2D eigenvalue weighted by atomic mass is 35.5. The zero-order valence-corrected chi connectivity index (χ0v) is 14.5. The molecule has 0 aromatic heterocycles. The number of piperazine rings is 1. The van der Waals surface area contributed by atoms with Gasteiger partial charge in [0.2, 0.25) is 5.91 Å². The first-order valence-electron chi connectivity index (χ1n) is 8.51. The SMILES string of the molecule is CC1CN(c2cccc(Cl)c2)CCN1C(=O)CCC1CCOC1. The van der Waals surface area contributed by atoms with E-state index >= 15 is 0 Å². The fraction of sp³-hybridized carbons (Fsp3) is 0.611. The van der Waals surface area contributed by atoms with Crippen molar-refractivity contribution in [1.82, 2.24) is 4.90 Å². The van der Waals surface area contributed by atoms with E-state index in [1.54, 1.807) is 0 Å². The molecule has 0 bridgehead atoms. The minimum Gasteiger partial charge on any atom is -0.381 e. The van der Waals surface area contributed by atoms with Gasteiger partial charge < -0.3 is 14.5 Å². The van der Waals surface area contributed by atoms with Crippen molar-refractivity contribution in [3.63, 3.8) is 0 Å². The first-order chi connectivity index (χ1) is 11.1. The molecule has 4 nitrogen and oxygen atoms in total. The van der Waals surface area contributed by atoms with E-state index in [1.807, 2.05) is 23.1 Å². The normalized spacial score (nSPS) is 25.0. The second kappa shape index (κ2) is 7.54. The zero-order chi connectivity index (χ0) is 16.2. The molecule has 2 saturated heterocycles. The van der Waals surface area contributed by atoms with Gasteiger partial charge in [-0.25, -0.2) is 0 Å². The summed E-state index contributed by atoms with van der Waals surface area (Å²) >= 11 is 6.08. The molecular weight excluding hydrogens is 312 g/mol. The number of halogens is 1. The van der Waals surface area contributed by atoms with Gasteiger partial charge in [0.05, 0.1) is 0 Å². The molecule has 126 valence electrons. The maximum Gasteiger partial charge on any atom is 0.222 e. The Bertz CT molecular complexity index is 546. The van der Waals surface area contributed by atoms with Crippen LogP contribution in [-0.2, 0) is 9.53 Å². The Morgan fingerprint density at radius 3 is 2.96 bits per heavy atom. The number of hydrogen-bond acceptors (Lipinski definition) is 3. The number of ether oxygens (including phenoxy) is 1. The number of amides is 1. The highest BCUT2D eigenvalue weighted by Crippen LogP contribution is 2.24. The maximum absolute atomic E-state index is 12.5. The van der Waals surface area contributed by atoms with Crippen molar-refractivity contribution < 1.29 is 9.53 Å². The highest BCUT2D eigenvalue weighted by molar-refractivity contribution is 6.30. The summed E-state index contributed by atoms with van der Waals surface area (Å²) in [4.78, 5) is 16.9. The molecule has 3 rings (SSSR count). The van der Waals surface area contributed by atoms with E-state index in [0.717, 1.165) is 56.4 Å². The van der Waals surface area contributed by atoms with Crippen LogP contribution < -0.4 is 4.90 Å². The van der Waals surface area contributed by atoms with E-state index in [1.165, 1.54) is 0 Å². The summed E-state index contributed by atoms with van der Waals surface area (Å²) < 4.78 is 5.39. The molecule has 0 saturated carbocycles. The molecule has 0 aliphatic carbocycles. The van der Waals surface area contributed by atoms with Gasteiger partial charge in [0.1, 0.15) is 0 Å². The average molecular weight is 337 g/mol. The molecule has 0 spiro atoms. The van der Waals surface area contributed by atoms with Crippen LogP contribution in [0, 0.1) is 5.92 Å². The highest BCUT2D eigenvalue weighted by Gasteiger charge is 2.28. The van der Waals surface area contributed by atoms with E-state index in [0.29, 0.717) is 12.3 Å². The van der Waals surface area contributed by atoms with Crippen molar-refractivity contribution in [2.45, 2.75) is 32.2 Å². The summed E-state index contributed by atoms with van der Waals surface area (Å²) in [5.74, 6) is 0.858. The summed E-state index contributed by atoms with van der Waals surface area (Å²) in [6.07, 6.45) is 2.71. The largest absolute Gasteiger partial charge is 0.381 e. The lowest BCUT2D eigenvalue weighted by molar-refractivity contribution is -0.133. The van der Waals surface area contributed by atoms with Crippen LogP contribution in [0.1, 0.15) is 26.2 Å². The third-order valence-corrected chi connectivity index (χ3v) is 5.15. The van der Waals surface area contributed by atoms with Crippen LogP contribution in [0.3, 0.4) is 0 Å². The van der Waals surface area contributed by atoms with Crippen LogP contribution >= 0.6 is 11.6 Å². The van der Waals surface area contributed by atoms with Gasteiger partial charge in [-0.1, -0.05) is 17.7 Å². The predicted molar refractivity (Wildman–Crippen MR) is 93.0 cm³/mol. The maximum atomic E-state index is 12.5. The predicted octanol–water partition coefficient (Wildman–Crippen LogP) is 3.19. The molecular formula is C18H25ClN2O2. The first kappa shape index (κ1) is 16.6. The molecule has 2 atom stereocenters. The molecule has 2 aliphatic rings. The van der Waals surface area contributed by atoms with E-state index < -0.39 is 0 Å². The van der Waals surface area contributed by atoms with Gasteiger partial charge in [0, 0.05) is 56.0 Å². The lowest BCUT2D eigenvalue weighted by Crippen LogP contribution is -2.54. The molecule has 23 heavy (non-hydrogen) atoms. The van der Waals surface area contributed by atoms with Crippen molar-refractivity contribution in [3.05, 3.63) is 29.3 Å². The van der Waals surface area contributed by atoms with Gasteiger partial charge in [-0.15, -0.1) is 0 Å². The standard InChI is InChI=1S/C18H25ClN2O2/c1-14-12-20(17-4-2-3-16(19)11-17)8-9-21(14)18(22)6-5-15-7-10-23-13-15/h2-4,11,14-15H,5-10,12-13H2,1H3. The van der Waals surface area contributed by atoms with Crippen molar-refractivity contribution in [1.29, 1.82) is 0 Å². The second-order valence-electron chi connectivity index (χ2n) is 6.63. The lowest BCUT2D eigenvalue weighted by atomic mass is 10.0. The summed E-state index contributed by atoms with van der Waals surface area (Å²) in [6.45, 7) is 6.32. The third kappa shape index (κ3) is 4.18. The molecule has 5 heteroatoms. The molecule has 2 aliphatic heterocycles. The van der Waals surface area contributed by atoms with Crippen LogP contribution in [0.15, 0.2) is 24.3 Å². The van der Waals surface area contributed by atoms with Crippen molar-refractivity contribution >= 4 is 23.2 Å². The average Bonchev–Trinajstić information content (AvgIpc) is 3.06. The lowest BCUT2D eigenvalue weighted by Gasteiger charge is -2.41. The van der Waals surface area contributed by atoms with E-state index in [4.69, 9.17) is 16.3 Å². The minimum atomic E-state index is 0.232. The molecule has 0 radical (unpaired) electrons. The first-order valence-corrected chi connectivity index (χ1v) is 8.89. The van der Waals surface area contributed by atoms with Gasteiger partial charge in [-0.2, -0.15) is 0 Å². The minimum absolute atomic E-state index is 0.232. The monoisotopic (exact) mass is 336 g/mol. The number of benzene rings is 1. The number of hydrogen-bond donors (Lipinski definition) is 0. The van der Waals surface area contributed by atoms with Crippen LogP contribution in [-0.4, -0.2) is 49.7 Å². The van der Waals surface area contributed by atoms with Gasteiger partial charge in [0.25, 0.3) is 0 Å². The van der Waals surface area contributed by atoms with Crippen LogP contribution in [0.25, 0.3) is 0 Å². The van der Waals surface area contributed by atoms with Crippen molar-refractivity contribution in [3.8, 4) is 0 Å². The van der Waals surface area contributed by atoms with Crippen LogP contribution in [0.4, 0.5) is 5.69 Å². The van der Waals surface area contributed by atoms with Crippen molar-refractivity contribution in [2.75, 3.05) is 37.7 Å². The number of rotatable bonds is 4. The molecule has 1 amide bonds. The number of carbonyl (C=O) groups is 1. The molecule has 2 unspecified atom stereocenters. The summed E-state index contributed by atoms with van der Waals surface area (Å²) in [5.41, 5.74) is 1.14. The zero-order valence-electron chi connectivity index (χ0n) is 13.7. The van der Waals surface area contributed by atoms with E-state index in [2.05, 4.69) is 17.9 Å². The summed E-state index contributed by atoms with van der Waals surface area (Å²) in [6, 6.07) is 8.17. The number of anilines is 1. The van der Waals surface area contributed by atoms with Crippen molar-refractivity contribution in [2.24, 2.45) is 5.92 Å². The Morgan fingerprint density at radius 1 is 1.39 bits per heavy atom. The van der Waals surface area contributed by atoms with E-state index in [-0.39, 0.29) is 11.9 Å². The number of carbonyl (C=O) groups excluding carboxylic acids is 1. The smallest absolute Gasteiger partial charge is 0.222 e. The Balaban J connectivity index is 1.52. The number of nitrogens with zero attached hydrogens (tertiary/aromatic N) is 2. The topological polar surface area (TPSA) is 32.8 Å². The van der Waals surface area contributed by atoms with Gasteiger partial charge >= 0.3 is 0 Å². The Kier molecular flexibility index (Phi) is 5.44. The third-order valence-electron chi connectivity index (χ3n) is 4.91. The van der Waals surface area contributed by atoms with Gasteiger partial charge in [-0.05, 0) is 43.9 Å². The van der Waals surface area contributed by atoms with Crippen LogP contribution in [0.2, 0.25) is 5.02 Å². The molecule has 0 N–H and O–H groups in total. The second-order valence-corrected chi connectivity index (χ2v) is 7.07. The quantitative estimate of drug-likeness (QED) is 0.846. The van der Waals surface area contributed by atoms with E-state index in [9.17, 15) is 4.79 Å². The Morgan fingerprint density at radius 2 is 2.26 bits per heavy atom. The molecule has 1 aromatic carbocycles. The fourth-order valence-corrected chi connectivity index (χ4v) is 3.70. The molecule has 2 heterocycles. The fourth-order valence-electron chi connectivity index (χ4n) is 3.52. The van der Waals surface area contributed by atoms with Gasteiger partial charge in [0.15, 0.2) is 0 Å². The van der Waals surface area contributed by atoms with Crippen LogP contribution in [0.5, 0.6) is 0 Å². The Hall–Kier alpha value is -1.26. The molecule has 2 fully saturated rings. The summed E-state index contributed by atoms with van der Waals surface area (Å²) in [5, 5.41) is 0.757.